The van der Waals surface area contributed by atoms with Gasteiger partial charge in [-0.25, -0.2) is 4.79 Å². The number of hydroxylamine groups is 1. The van der Waals surface area contributed by atoms with Gasteiger partial charge in [0.15, 0.2) is 11.8 Å². The molecule has 1 aliphatic rings. The molecule has 192 valence electrons. The lowest BCUT2D eigenvalue weighted by molar-refractivity contribution is -0.153. The molecule has 0 amide bonds. The van der Waals surface area contributed by atoms with Gasteiger partial charge in [0.1, 0.15) is 23.7 Å². The van der Waals surface area contributed by atoms with E-state index < -0.39 is 26.6 Å². The van der Waals surface area contributed by atoms with Gasteiger partial charge in [-0.1, -0.05) is 29.8 Å². The molecule has 36 heavy (non-hydrogen) atoms. The number of nitrogens with zero attached hydrogens (tertiary/aromatic N) is 1. The molecule has 0 radical (unpaired) electrons. The minimum atomic E-state index is -1.01. The molecule has 0 aromatic heterocycles. The van der Waals surface area contributed by atoms with Crippen molar-refractivity contribution < 1.29 is 38.3 Å². The second-order valence-electron chi connectivity index (χ2n) is 8.39. The number of carbonyl (C=O) groups excluding carboxylic acids is 2. The predicted molar refractivity (Wildman–Crippen MR) is 134 cm³/mol. The molecular weight excluding hydrogens is 485 g/mol. The molecule has 2 aromatic rings. The van der Waals surface area contributed by atoms with E-state index in [1.807, 2.05) is 32.1 Å². The minimum absolute atomic E-state index is 0.117. The highest BCUT2D eigenvalue weighted by Crippen LogP contribution is 2.42. The molecule has 9 nitrogen and oxygen atoms in total. The molecule has 0 bridgehead atoms. The number of fused-ring (bicyclic) bond motifs is 1. The van der Waals surface area contributed by atoms with E-state index in [1.165, 1.54) is 7.11 Å². The summed E-state index contributed by atoms with van der Waals surface area (Å²) in [5, 5.41) is 10.8. The monoisotopic (exact) mass is 516 g/mol. The third-order valence-electron chi connectivity index (χ3n) is 6.01. The Morgan fingerprint density at radius 2 is 2.06 bits per heavy atom. The molecule has 10 heteroatoms. The zero-order chi connectivity index (χ0) is 26.4. The van der Waals surface area contributed by atoms with Crippen LogP contribution in [0.2, 0.25) is 0 Å². The first-order valence-electron chi connectivity index (χ1n) is 11.6. The summed E-state index contributed by atoms with van der Waals surface area (Å²) in [5.74, 6) is -0.208. The fraction of sp³-hybridized carbons (Fsp3) is 0.385. The van der Waals surface area contributed by atoms with Gasteiger partial charge >= 0.3 is 20.5 Å². The largest absolute Gasteiger partial charge is 0.507 e. The zero-order valence-corrected chi connectivity index (χ0v) is 22.0. The Labute approximate surface area is 211 Å². The van der Waals surface area contributed by atoms with Crippen LogP contribution in [0.5, 0.6) is 17.2 Å². The van der Waals surface area contributed by atoms with Gasteiger partial charge in [0.25, 0.3) is 0 Å². The molecule has 1 heterocycles. The van der Waals surface area contributed by atoms with Crippen molar-refractivity contribution >= 4 is 20.5 Å². The fourth-order valence-electron chi connectivity index (χ4n) is 4.06. The van der Waals surface area contributed by atoms with Crippen LogP contribution in [0.15, 0.2) is 35.9 Å². The van der Waals surface area contributed by atoms with Crippen molar-refractivity contribution in [3.05, 3.63) is 63.7 Å². The number of hydrogen-bond donors (Lipinski definition) is 1. The van der Waals surface area contributed by atoms with Crippen LogP contribution in [0.4, 0.5) is 0 Å². The van der Waals surface area contributed by atoms with Crippen molar-refractivity contribution in [2.75, 3.05) is 13.7 Å². The Morgan fingerprint density at radius 1 is 1.33 bits per heavy atom. The molecule has 1 aliphatic heterocycles. The van der Waals surface area contributed by atoms with Crippen molar-refractivity contribution in [3.8, 4) is 17.2 Å². The van der Waals surface area contributed by atoms with Crippen LogP contribution in [0, 0.1) is 6.92 Å². The highest BCUT2D eigenvalue weighted by Gasteiger charge is 2.33. The molecule has 0 saturated heterocycles. The highest BCUT2D eigenvalue weighted by atomic mass is 31.1. The first-order valence-corrected chi connectivity index (χ1v) is 12.4. The van der Waals surface area contributed by atoms with Gasteiger partial charge < -0.3 is 24.2 Å². The standard InChI is InChI=1S/C26H30NO8P/c1-6-33-25(29)17(4)27(36-31)35-21-10-8-7-9-18(21)13-15(2)11-12-19-23(28)22-20(14-34-26(22)30)16(3)24(19)32-5/h7-11,17,28H,6,12-14H2,1-5H3/p+1. The Bertz CT molecular complexity index is 1190. The number of ether oxygens (including phenoxy) is 3. The lowest BCUT2D eigenvalue weighted by Crippen LogP contribution is -2.36. The number of phenols is 1. The Kier molecular flexibility index (Phi) is 9.07. The van der Waals surface area contributed by atoms with Crippen molar-refractivity contribution in [3.63, 3.8) is 0 Å². The van der Waals surface area contributed by atoms with E-state index in [4.69, 9.17) is 19.0 Å². The van der Waals surface area contributed by atoms with Crippen LogP contribution in [0.25, 0.3) is 0 Å². The van der Waals surface area contributed by atoms with Crippen LogP contribution < -0.4 is 9.57 Å². The second kappa shape index (κ2) is 12.0. The first kappa shape index (κ1) is 27.2. The quantitative estimate of drug-likeness (QED) is 0.198. The summed E-state index contributed by atoms with van der Waals surface area (Å²) >= 11 is 0. The van der Waals surface area contributed by atoms with Crippen molar-refractivity contribution in [2.45, 2.75) is 53.2 Å². The molecule has 0 fully saturated rings. The van der Waals surface area contributed by atoms with E-state index in [-0.39, 0.29) is 24.5 Å². The molecule has 0 aliphatic carbocycles. The van der Waals surface area contributed by atoms with Gasteiger partial charge in [-0.15, -0.1) is 0 Å². The molecule has 3 rings (SSSR count). The number of aromatic hydroxyl groups is 1. The van der Waals surface area contributed by atoms with Gasteiger partial charge in [0.2, 0.25) is 0 Å². The summed E-state index contributed by atoms with van der Waals surface area (Å²) in [6, 6.07) is 6.40. The van der Waals surface area contributed by atoms with Gasteiger partial charge in [-0.3, -0.25) is 4.79 Å². The van der Waals surface area contributed by atoms with Gasteiger partial charge in [-0.05, 0) is 56.7 Å². The normalized spacial score (nSPS) is 13.9. The van der Waals surface area contributed by atoms with Crippen LogP contribution in [0.1, 0.15) is 53.4 Å². The van der Waals surface area contributed by atoms with Crippen LogP contribution >= 0.6 is 8.61 Å². The summed E-state index contributed by atoms with van der Waals surface area (Å²) in [7, 11) is 0.515. The van der Waals surface area contributed by atoms with E-state index >= 15 is 0 Å². The smallest absolute Gasteiger partial charge is 0.457 e. The number of rotatable bonds is 11. The molecule has 2 aromatic carbocycles. The molecule has 0 spiro atoms. The average Bonchev–Trinajstić information content (AvgIpc) is 3.26. The Balaban J connectivity index is 1.82. The van der Waals surface area contributed by atoms with Crippen LogP contribution in [0.3, 0.4) is 0 Å². The van der Waals surface area contributed by atoms with Crippen molar-refractivity contribution in [2.24, 2.45) is 0 Å². The SMILES string of the molecule is CCOC(=O)C(C)N(Oc1ccccc1CC(C)=CCc1c(O)c2c(c(C)c1OC)COC2=O)[PH+]=O. The number of benzene rings is 2. The lowest BCUT2D eigenvalue weighted by Gasteiger charge is -2.17. The van der Waals surface area contributed by atoms with E-state index in [1.54, 1.807) is 26.0 Å². The maximum Gasteiger partial charge on any atom is 0.457 e. The zero-order valence-electron chi connectivity index (χ0n) is 21.0. The topological polar surface area (TPSA) is 112 Å². The number of phenolic OH excluding ortho intramolecular Hbond substituents is 1. The number of para-hydroxylation sites is 1. The third-order valence-corrected chi connectivity index (χ3v) is 6.67. The third kappa shape index (κ3) is 5.69. The second-order valence-corrected chi connectivity index (χ2v) is 9.01. The summed E-state index contributed by atoms with van der Waals surface area (Å²) in [6.07, 6.45) is 2.77. The number of esters is 2. The first-order chi connectivity index (χ1) is 17.2. The molecular formula is C26H31NO8P+. The van der Waals surface area contributed by atoms with Crippen molar-refractivity contribution in [1.82, 2.24) is 4.83 Å². The number of hydrogen-bond acceptors (Lipinski definition) is 8. The maximum atomic E-state index is 12.1. The van der Waals surface area contributed by atoms with E-state index in [9.17, 15) is 19.3 Å². The number of cyclic esters (lactones) is 1. The number of allylic oxidation sites excluding steroid dienone is 2. The summed E-state index contributed by atoms with van der Waals surface area (Å²) in [6.45, 7) is 7.36. The van der Waals surface area contributed by atoms with Gasteiger partial charge in [0, 0.05) is 16.7 Å². The number of methoxy groups -OCH3 is 1. The molecule has 1 N–H and O–H groups in total. The van der Waals surface area contributed by atoms with E-state index in [2.05, 4.69) is 0 Å². The predicted octanol–water partition coefficient (Wildman–Crippen LogP) is 4.60. The van der Waals surface area contributed by atoms with Crippen LogP contribution in [-0.2, 0) is 38.3 Å². The van der Waals surface area contributed by atoms with Crippen LogP contribution in [-0.4, -0.2) is 41.6 Å². The minimum Gasteiger partial charge on any atom is -0.507 e. The Hall–Kier alpha value is -3.42. The van der Waals surface area contributed by atoms with E-state index in [0.717, 1.165) is 21.5 Å². The molecule has 2 atom stereocenters. The summed E-state index contributed by atoms with van der Waals surface area (Å²) in [5.41, 5.74) is 3.90. The summed E-state index contributed by atoms with van der Waals surface area (Å²) in [4.78, 5) is 31.1. The molecule has 2 unspecified atom stereocenters. The average molecular weight is 517 g/mol. The van der Waals surface area contributed by atoms with Gasteiger partial charge in [-0.2, -0.15) is 0 Å². The summed E-state index contributed by atoms with van der Waals surface area (Å²) < 4.78 is 27.4. The van der Waals surface area contributed by atoms with Gasteiger partial charge in [0.05, 0.1) is 18.6 Å². The number of carbonyl (C=O) groups is 2. The molecule has 0 saturated carbocycles. The van der Waals surface area contributed by atoms with E-state index in [0.29, 0.717) is 35.5 Å². The fourth-order valence-corrected chi connectivity index (χ4v) is 4.46. The highest BCUT2D eigenvalue weighted by molar-refractivity contribution is 7.20. The van der Waals surface area contributed by atoms with Crippen molar-refractivity contribution in [1.29, 1.82) is 0 Å². The Morgan fingerprint density at radius 3 is 2.72 bits per heavy atom. The lowest BCUT2D eigenvalue weighted by atomic mass is 9.94. The maximum absolute atomic E-state index is 12.1.